The minimum atomic E-state index is 0.281. The first-order chi connectivity index (χ1) is 7.34. The van der Waals surface area contributed by atoms with Gasteiger partial charge in [0.05, 0.1) is 6.20 Å². The standard InChI is InChI=1S/C13H10NO/c15-13-7-5-11(6-8-13)3-4-12-2-1-9-14-10-12/h1-8,10,15H/b4-3+. The van der Waals surface area contributed by atoms with E-state index in [0.717, 1.165) is 11.1 Å². The van der Waals surface area contributed by atoms with Crippen LogP contribution in [0.4, 0.5) is 0 Å². The first-order valence-corrected chi connectivity index (χ1v) is 4.64. The van der Waals surface area contributed by atoms with Crippen molar-refractivity contribution < 1.29 is 5.11 Å². The normalized spacial score (nSPS) is 10.7. The second kappa shape index (κ2) is 4.42. The molecule has 0 unspecified atom stereocenters. The predicted octanol–water partition coefficient (Wildman–Crippen LogP) is 2.76. The Morgan fingerprint density at radius 3 is 2.40 bits per heavy atom. The Morgan fingerprint density at radius 2 is 1.73 bits per heavy atom. The van der Waals surface area contributed by atoms with Crippen LogP contribution in [-0.4, -0.2) is 10.1 Å². The van der Waals surface area contributed by atoms with Crippen molar-refractivity contribution in [3.05, 3.63) is 59.9 Å². The molecule has 0 saturated carbocycles. The van der Waals surface area contributed by atoms with E-state index < -0.39 is 0 Å². The number of phenolic OH excluding ortho intramolecular Hbond substituents is 1. The number of aromatic nitrogens is 1. The van der Waals surface area contributed by atoms with Crippen molar-refractivity contribution in [1.29, 1.82) is 0 Å². The van der Waals surface area contributed by atoms with Gasteiger partial charge in [-0.25, -0.2) is 0 Å². The summed E-state index contributed by atoms with van der Waals surface area (Å²) in [6.45, 7) is 0. The molecule has 2 aromatic rings. The molecule has 0 saturated heterocycles. The van der Waals surface area contributed by atoms with Crippen LogP contribution in [0.1, 0.15) is 11.1 Å². The summed E-state index contributed by atoms with van der Waals surface area (Å²) in [5.74, 6) is 0.281. The summed E-state index contributed by atoms with van der Waals surface area (Å²) in [7, 11) is 0. The second-order valence-electron chi connectivity index (χ2n) is 3.15. The van der Waals surface area contributed by atoms with E-state index >= 15 is 0 Å². The SMILES string of the molecule is Oc1ccc(/C=C/c2cc[c]nc2)cc1. The molecule has 1 N–H and O–H groups in total. The van der Waals surface area contributed by atoms with Crippen LogP contribution in [-0.2, 0) is 0 Å². The maximum Gasteiger partial charge on any atom is 0.115 e. The zero-order chi connectivity index (χ0) is 10.5. The molecule has 1 radical (unpaired) electrons. The molecule has 0 aliphatic carbocycles. The van der Waals surface area contributed by atoms with Crippen molar-refractivity contribution in [3.63, 3.8) is 0 Å². The van der Waals surface area contributed by atoms with Crippen LogP contribution in [0.3, 0.4) is 0 Å². The van der Waals surface area contributed by atoms with Crippen LogP contribution < -0.4 is 0 Å². The number of benzene rings is 1. The van der Waals surface area contributed by atoms with Crippen molar-refractivity contribution >= 4 is 12.2 Å². The van der Waals surface area contributed by atoms with Gasteiger partial charge in [-0.3, -0.25) is 4.98 Å². The van der Waals surface area contributed by atoms with Crippen molar-refractivity contribution in [2.75, 3.05) is 0 Å². The van der Waals surface area contributed by atoms with Gasteiger partial charge in [0.2, 0.25) is 0 Å². The molecular weight excluding hydrogens is 186 g/mol. The smallest absolute Gasteiger partial charge is 0.115 e. The summed E-state index contributed by atoms with van der Waals surface area (Å²) < 4.78 is 0. The maximum absolute atomic E-state index is 9.10. The first-order valence-electron chi connectivity index (χ1n) is 4.64. The van der Waals surface area contributed by atoms with E-state index in [4.69, 9.17) is 5.11 Å². The zero-order valence-electron chi connectivity index (χ0n) is 8.09. The molecule has 15 heavy (non-hydrogen) atoms. The van der Waals surface area contributed by atoms with Gasteiger partial charge in [0.25, 0.3) is 0 Å². The number of phenols is 1. The van der Waals surface area contributed by atoms with E-state index in [9.17, 15) is 0 Å². The van der Waals surface area contributed by atoms with Gasteiger partial charge in [-0.05, 0) is 29.3 Å². The minimum Gasteiger partial charge on any atom is -0.508 e. The average molecular weight is 196 g/mol. The molecule has 2 nitrogen and oxygen atoms in total. The van der Waals surface area contributed by atoms with Crippen LogP contribution in [0.25, 0.3) is 12.2 Å². The van der Waals surface area contributed by atoms with Gasteiger partial charge in [0.1, 0.15) is 5.75 Å². The molecule has 2 rings (SSSR count). The van der Waals surface area contributed by atoms with Crippen molar-refractivity contribution in [3.8, 4) is 5.75 Å². The fourth-order valence-corrected chi connectivity index (χ4v) is 1.21. The number of pyridine rings is 1. The zero-order valence-corrected chi connectivity index (χ0v) is 8.09. The van der Waals surface area contributed by atoms with E-state index in [1.807, 2.05) is 30.4 Å². The summed E-state index contributed by atoms with van der Waals surface area (Å²) >= 11 is 0. The molecule has 1 aromatic carbocycles. The van der Waals surface area contributed by atoms with Crippen molar-refractivity contribution in [2.24, 2.45) is 0 Å². The first kappa shape index (κ1) is 9.46. The molecular formula is C13H10NO. The molecule has 1 aromatic heterocycles. The Bertz CT molecular complexity index is 446. The highest BCUT2D eigenvalue weighted by atomic mass is 16.3. The molecule has 0 aliphatic rings. The highest BCUT2D eigenvalue weighted by molar-refractivity contribution is 5.69. The Balaban J connectivity index is 2.15. The van der Waals surface area contributed by atoms with E-state index in [0.29, 0.717) is 0 Å². The van der Waals surface area contributed by atoms with Gasteiger partial charge in [-0.1, -0.05) is 30.4 Å². The third kappa shape index (κ3) is 2.68. The average Bonchev–Trinajstić information content (AvgIpc) is 2.30. The van der Waals surface area contributed by atoms with Gasteiger partial charge in [-0.15, -0.1) is 0 Å². The van der Waals surface area contributed by atoms with Crippen molar-refractivity contribution in [1.82, 2.24) is 4.98 Å². The lowest BCUT2D eigenvalue weighted by Crippen LogP contribution is -1.74. The summed E-state index contributed by atoms with van der Waals surface area (Å²) in [4.78, 5) is 3.89. The topological polar surface area (TPSA) is 33.1 Å². The number of aromatic hydroxyl groups is 1. The maximum atomic E-state index is 9.10. The molecule has 0 amide bonds. The minimum absolute atomic E-state index is 0.281. The fourth-order valence-electron chi connectivity index (χ4n) is 1.21. The van der Waals surface area contributed by atoms with E-state index in [2.05, 4.69) is 11.2 Å². The Kier molecular flexibility index (Phi) is 2.79. The van der Waals surface area contributed by atoms with Gasteiger partial charge < -0.3 is 5.11 Å². The molecule has 2 heteroatoms. The van der Waals surface area contributed by atoms with Gasteiger partial charge in [-0.2, -0.15) is 0 Å². The summed E-state index contributed by atoms with van der Waals surface area (Å²) in [6, 6.07) is 10.7. The third-order valence-electron chi connectivity index (χ3n) is 2.00. The third-order valence-corrected chi connectivity index (χ3v) is 2.00. The van der Waals surface area contributed by atoms with Gasteiger partial charge in [0.15, 0.2) is 0 Å². The lowest BCUT2D eigenvalue weighted by molar-refractivity contribution is 0.475. The number of rotatable bonds is 2. The van der Waals surface area contributed by atoms with Crippen molar-refractivity contribution in [2.45, 2.75) is 0 Å². The van der Waals surface area contributed by atoms with Crippen LogP contribution in [0.2, 0.25) is 0 Å². The van der Waals surface area contributed by atoms with Crippen LogP contribution in [0.15, 0.2) is 42.6 Å². The van der Waals surface area contributed by atoms with E-state index in [1.54, 1.807) is 24.4 Å². The molecule has 73 valence electrons. The summed E-state index contributed by atoms with van der Waals surface area (Å²) in [5.41, 5.74) is 2.07. The summed E-state index contributed by atoms with van der Waals surface area (Å²) in [5, 5.41) is 9.10. The highest BCUT2D eigenvalue weighted by Gasteiger charge is 1.88. The molecule has 0 spiro atoms. The fraction of sp³-hybridized carbons (Fsp3) is 0. The monoisotopic (exact) mass is 196 g/mol. The molecule has 0 aliphatic heterocycles. The number of nitrogens with zero attached hydrogens (tertiary/aromatic N) is 1. The lowest BCUT2D eigenvalue weighted by atomic mass is 10.1. The quantitative estimate of drug-likeness (QED) is 0.801. The van der Waals surface area contributed by atoms with E-state index in [-0.39, 0.29) is 5.75 Å². The Hall–Kier alpha value is -2.09. The Labute approximate surface area is 88.5 Å². The van der Waals surface area contributed by atoms with Crippen LogP contribution >= 0.6 is 0 Å². The highest BCUT2D eigenvalue weighted by Crippen LogP contribution is 2.12. The number of hydrogen-bond acceptors (Lipinski definition) is 2. The summed E-state index contributed by atoms with van der Waals surface area (Å²) in [6.07, 6.45) is 8.40. The van der Waals surface area contributed by atoms with Crippen LogP contribution in [0, 0.1) is 6.20 Å². The Morgan fingerprint density at radius 1 is 1.00 bits per heavy atom. The van der Waals surface area contributed by atoms with E-state index in [1.165, 1.54) is 0 Å². The second-order valence-corrected chi connectivity index (χ2v) is 3.15. The largest absolute Gasteiger partial charge is 0.508 e. The molecule has 0 atom stereocenters. The van der Waals surface area contributed by atoms with Crippen LogP contribution in [0.5, 0.6) is 5.75 Å². The van der Waals surface area contributed by atoms with Gasteiger partial charge in [0, 0.05) is 6.20 Å². The number of hydrogen-bond donors (Lipinski definition) is 1. The molecule has 0 fully saturated rings. The predicted molar refractivity (Wildman–Crippen MR) is 60.1 cm³/mol. The molecule has 1 heterocycles. The lowest BCUT2D eigenvalue weighted by Gasteiger charge is -1.94. The molecule has 0 bridgehead atoms. The van der Waals surface area contributed by atoms with Gasteiger partial charge >= 0.3 is 0 Å².